The number of hydrogen-bond acceptors (Lipinski definition) is 5. The van der Waals surface area contributed by atoms with Crippen molar-refractivity contribution in [3.8, 4) is 11.1 Å². The molecule has 10 heteroatoms. The average molecular weight is 534 g/mol. The fourth-order valence-electron chi connectivity index (χ4n) is 3.91. The Labute approximate surface area is 213 Å². The van der Waals surface area contributed by atoms with Crippen LogP contribution >= 0.6 is 35.3 Å². The zero-order valence-corrected chi connectivity index (χ0v) is 21.1. The second-order valence-corrected chi connectivity index (χ2v) is 11.4. The molecule has 2 aromatic heterocycles. The maximum Gasteiger partial charge on any atom is 0.253 e. The summed E-state index contributed by atoms with van der Waals surface area (Å²) < 4.78 is 28.9. The minimum absolute atomic E-state index is 0. The highest BCUT2D eigenvalue weighted by molar-refractivity contribution is 7.91. The van der Waals surface area contributed by atoms with Crippen LogP contribution in [-0.4, -0.2) is 54.7 Å². The Bertz CT molecular complexity index is 1420. The molecule has 3 heterocycles. The van der Waals surface area contributed by atoms with E-state index in [4.69, 9.17) is 11.6 Å². The third-order valence-electron chi connectivity index (χ3n) is 5.72. The highest BCUT2D eigenvalue weighted by atomic mass is 35.5. The number of sulfonamides is 1. The van der Waals surface area contributed by atoms with Gasteiger partial charge in [-0.2, -0.15) is 4.31 Å². The predicted octanol–water partition coefficient (Wildman–Crippen LogP) is 5.19. The first-order valence-corrected chi connectivity index (χ1v) is 13.0. The molecule has 5 rings (SSSR count). The SMILES string of the molecule is Cl.O=C(c1ccc(-c2ccncc2)cc1)N1CCN(S(=O)(=O)c2cc3cc(Cl)ccc3s2)CC1. The predicted molar refractivity (Wildman–Crippen MR) is 138 cm³/mol. The summed E-state index contributed by atoms with van der Waals surface area (Å²) in [4.78, 5) is 18.7. The maximum absolute atomic E-state index is 13.2. The van der Waals surface area contributed by atoms with Gasteiger partial charge in [0.2, 0.25) is 0 Å². The number of hydrogen-bond donors (Lipinski definition) is 0. The monoisotopic (exact) mass is 533 g/mol. The van der Waals surface area contributed by atoms with Crippen LogP contribution in [0.5, 0.6) is 0 Å². The van der Waals surface area contributed by atoms with Gasteiger partial charge in [-0.25, -0.2) is 8.42 Å². The molecule has 34 heavy (non-hydrogen) atoms. The fourth-order valence-corrected chi connectivity index (χ4v) is 7.04. The molecule has 0 N–H and O–H groups in total. The zero-order chi connectivity index (χ0) is 23.0. The molecule has 0 unspecified atom stereocenters. The van der Waals surface area contributed by atoms with E-state index in [1.165, 1.54) is 15.6 Å². The van der Waals surface area contributed by atoms with Crippen molar-refractivity contribution in [3.63, 3.8) is 0 Å². The lowest BCUT2D eigenvalue weighted by molar-refractivity contribution is 0.0698. The van der Waals surface area contributed by atoms with Gasteiger partial charge in [-0.15, -0.1) is 23.7 Å². The summed E-state index contributed by atoms with van der Waals surface area (Å²) in [5.41, 5.74) is 2.63. The lowest BCUT2D eigenvalue weighted by Crippen LogP contribution is -2.50. The second-order valence-electron chi connectivity index (χ2n) is 7.76. The van der Waals surface area contributed by atoms with E-state index in [1.54, 1.807) is 35.5 Å². The van der Waals surface area contributed by atoms with Crippen LogP contribution in [0.1, 0.15) is 10.4 Å². The van der Waals surface area contributed by atoms with Gasteiger partial charge in [-0.05, 0) is 65.0 Å². The minimum Gasteiger partial charge on any atom is -0.336 e. The number of pyridine rings is 1. The van der Waals surface area contributed by atoms with Crippen LogP contribution in [-0.2, 0) is 10.0 Å². The maximum atomic E-state index is 13.2. The Morgan fingerprint density at radius 1 is 0.882 bits per heavy atom. The molecule has 0 saturated carbocycles. The molecule has 0 atom stereocenters. The highest BCUT2D eigenvalue weighted by Crippen LogP contribution is 2.33. The van der Waals surface area contributed by atoms with Gasteiger partial charge >= 0.3 is 0 Å². The van der Waals surface area contributed by atoms with Gasteiger partial charge in [0, 0.05) is 53.9 Å². The summed E-state index contributed by atoms with van der Waals surface area (Å²) in [6.45, 7) is 1.22. The van der Waals surface area contributed by atoms with Gasteiger partial charge in [0.15, 0.2) is 0 Å². The topological polar surface area (TPSA) is 70.6 Å². The van der Waals surface area contributed by atoms with Gasteiger partial charge in [-0.1, -0.05) is 23.7 Å². The molecule has 1 aliphatic rings. The molecular formula is C24H21Cl2N3O3S2. The number of aromatic nitrogens is 1. The molecule has 0 bridgehead atoms. The number of piperazine rings is 1. The molecule has 1 amide bonds. The highest BCUT2D eigenvalue weighted by Gasteiger charge is 2.31. The Hall–Kier alpha value is -2.49. The quantitative estimate of drug-likeness (QED) is 0.362. The van der Waals surface area contributed by atoms with Crippen molar-refractivity contribution < 1.29 is 13.2 Å². The molecule has 2 aromatic carbocycles. The first-order valence-electron chi connectivity index (χ1n) is 10.4. The summed E-state index contributed by atoms with van der Waals surface area (Å²) in [6, 6.07) is 18.3. The molecule has 1 aliphatic heterocycles. The number of carbonyl (C=O) groups is 1. The molecule has 0 radical (unpaired) electrons. The number of amides is 1. The van der Waals surface area contributed by atoms with Gasteiger partial charge < -0.3 is 4.90 Å². The van der Waals surface area contributed by atoms with Crippen molar-refractivity contribution >= 4 is 61.4 Å². The molecular weight excluding hydrogens is 513 g/mol. The van der Waals surface area contributed by atoms with E-state index in [-0.39, 0.29) is 31.4 Å². The molecule has 1 fully saturated rings. The van der Waals surface area contributed by atoms with E-state index in [9.17, 15) is 13.2 Å². The molecule has 176 valence electrons. The van der Waals surface area contributed by atoms with E-state index in [0.29, 0.717) is 27.9 Å². The number of carbonyl (C=O) groups excluding carboxylic acids is 1. The third kappa shape index (κ3) is 4.82. The smallest absolute Gasteiger partial charge is 0.253 e. The van der Waals surface area contributed by atoms with E-state index in [2.05, 4.69) is 4.98 Å². The van der Waals surface area contributed by atoms with Crippen molar-refractivity contribution in [3.05, 3.63) is 83.6 Å². The Morgan fingerprint density at radius 2 is 1.53 bits per heavy atom. The number of nitrogens with zero attached hydrogens (tertiary/aromatic N) is 3. The first kappa shape index (κ1) is 24.6. The minimum atomic E-state index is -3.62. The van der Waals surface area contributed by atoms with Crippen LogP contribution < -0.4 is 0 Å². The normalized spacial score (nSPS) is 14.7. The second kappa shape index (κ2) is 10.0. The van der Waals surface area contributed by atoms with E-state index in [1.807, 2.05) is 42.5 Å². The largest absolute Gasteiger partial charge is 0.336 e. The van der Waals surface area contributed by atoms with Crippen molar-refractivity contribution in [2.75, 3.05) is 26.2 Å². The van der Waals surface area contributed by atoms with E-state index >= 15 is 0 Å². The lowest BCUT2D eigenvalue weighted by Gasteiger charge is -2.33. The van der Waals surface area contributed by atoms with E-state index in [0.717, 1.165) is 21.2 Å². The molecule has 1 saturated heterocycles. The van der Waals surface area contributed by atoms with Crippen molar-refractivity contribution in [2.24, 2.45) is 0 Å². The Morgan fingerprint density at radius 3 is 2.21 bits per heavy atom. The summed E-state index contributed by atoms with van der Waals surface area (Å²) in [6.07, 6.45) is 3.46. The van der Waals surface area contributed by atoms with E-state index < -0.39 is 10.0 Å². The average Bonchev–Trinajstić information content (AvgIpc) is 3.28. The number of thiophene rings is 1. The van der Waals surface area contributed by atoms with Gasteiger partial charge in [0.05, 0.1) is 0 Å². The first-order chi connectivity index (χ1) is 15.9. The Balaban J connectivity index is 0.00000274. The number of fused-ring (bicyclic) bond motifs is 1. The van der Waals surface area contributed by atoms with Crippen molar-refractivity contribution in [1.82, 2.24) is 14.2 Å². The van der Waals surface area contributed by atoms with Crippen LogP contribution in [0.3, 0.4) is 0 Å². The van der Waals surface area contributed by atoms with Crippen LogP contribution in [0.4, 0.5) is 0 Å². The fraction of sp³-hybridized carbons (Fsp3) is 0.167. The van der Waals surface area contributed by atoms with Crippen LogP contribution in [0.25, 0.3) is 21.2 Å². The van der Waals surface area contributed by atoms with Crippen molar-refractivity contribution in [2.45, 2.75) is 4.21 Å². The van der Waals surface area contributed by atoms with Crippen LogP contribution in [0.15, 0.2) is 77.3 Å². The van der Waals surface area contributed by atoms with Crippen LogP contribution in [0.2, 0.25) is 5.02 Å². The molecule has 0 spiro atoms. The van der Waals surface area contributed by atoms with Gasteiger partial charge in [-0.3, -0.25) is 9.78 Å². The summed E-state index contributed by atoms with van der Waals surface area (Å²) in [5.74, 6) is -0.0927. The summed E-state index contributed by atoms with van der Waals surface area (Å²) >= 11 is 7.27. The summed E-state index contributed by atoms with van der Waals surface area (Å²) in [7, 11) is -3.62. The third-order valence-corrected chi connectivity index (χ3v) is 9.42. The van der Waals surface area contributed by atoms with Gasteiger partial charge in [0.25, 0.3) is 15.9 Å². The molecule has 0 aliphatic carbocycles. The number of rotatable bonds is 4. The number of halogens is 2. The van der Waals surface area contributed by atoms with Crippen molar-refractivity contribution in [1.29, 1.82) is 0 Å². The zero-order valence-electron chi connectivity index (χ0n) is 17.9. The molecule has 4 aromatic rings. The van der Waals surface area contributed by atoms with Crippen LogP contribution in [0, 0.1) is 0 Å². The lowest BCUT2D eigenvalue weighted by atomic mass is 10.0. The Kier molecular flexibility index (Phi) is 7.25. The molecule has 6 nitrogen and oxygen atoms in total. The summed E-state index contributed by atoms with van der Waals surface area (Å²) in [5, 5.41) is 1.39. The standard InChI is InChI=1S/C24H20ClN3O3S2.ClH/c25-21-5-6-22-20(15-21)16-23(32-22)33(30,31)28-13-11-27(12-14-28)24(29)19-3-1-17(2-4-19)18-7-9-26-10-8-18;/h1-10,15-16H,11-14H2;1H. The number of benzene rings is 2. The van der Waals surface area contributed by atoms with Gasteiger partial charge in [0.1, 0.15) is 4.21 Å².